The normalized spacial score (nSPS) is 14.9. The van der Waals surface area contributed by atoms with Crippen LogP contribution >= 0.6 is 0 Å². The molecule has 0 rings (SSSR count). The molecule has 0 fully saturated rings. The van der Waals surface area contributed by atoms with Gasteiger partial charge in [-0.3, -0.25) is 4.79 Å². The SMILES string of the molecule is CCCC[C@H](N)C(=O)NCC(C)CC. The first-order chi connectivity index (χ1) is 6.61. The summed E-state index contributed by atoms with van der Waals surface area (Å²) in [5.41, 5.74) is 5.72. The molecule has 0 aromatic carbocycles. The molecule has 3 nitrogen and oxygen atoms in total. The number of nitrogens with one attached hydrogen (secondary N) is 1. The van der Waals surface area contributed by atoms with Gasteiger partial charge < -0.3 is 11.1 Å². The molecule has 0 heterocycles. The van der Waals surface area contributed by atoms with Crippen molar-refractivity contribution in [3.8, 4) is 0 Å². The van der Waals surface area contributed by atoms with Gasteiger partial charge in [0.1, 0.15) is 0 Å². The van der Waals surface area contributed by atoms with Crippen molar-refractivity contribution in [2.45, 2.75) is 52.5 Å². The van der Waals surface area contributed by atoms with E-state index in [0.29, 0.717) is 5.92 Å². The Morgan fingerprint density at radius 3 is 2.57 bits per heavy atom. The third kappa shape index (κ3) is 5.97. The Hall–Kier alpha value is -0.570. The molecule has 0 aromatic rings. The van der Waals surface area contributed by atoms with Crippen LogP contribution in [0.3, 0.4) is 0 Å². The highest BCUT2D eigenvalue weighted by Crippen LogP contribution is 2.00. The number of amides is 1. The molecule has 3 heteroatoms. The lowest BCUT2D eigenvalue weighted by atomic mass is 10.1. The molecule has 0 aromatic heterocycles. The molecule has 1 amide bonds. The molecule has 84 valence electrons. The van der Waals surface area contributed by atoms with Gasteiger partial charge in [-0.2, -0.15) is 0 Å². The van der Waals surface area contributed by atoms with E-state index in [2.05, 4.69) is 26.1 Å². The lowest BCUT2D eigenvalue weighted by molar-refractivity contribution is -0.122. The van der Waals surface area contributed by atoms with Gasteiger partial charge in [-0.05, 0) is 12.3 Å². The molecule has 2 atom stereocenters. The number of nitrogens with two attached hydrogens (primary N) is 1. The van der Waals surface area contributed by atoms with Crippen molar-refractivity contribution in [3.63, 3.8) is 0 Å². The van der Waals surface area contributed by atoms with Gasteiger partial charge >= 0.3 is 0 Å². The Morgan fingerprint density at radius 2 is 2.07 bits per heavy atom. The van der Waals surface area contributed by atoms with Crippen molar-refractivity contribution in [1.82, 2.24) is 5.32 Å². The van der Waals surface area contributed by atoms with Gasteiger partial charge in [0.25, 0.3) is 0 Å². The van der Waals surface area contributed by atoms with Crippen LogP contribution in [0.15, 0.2) is 0 Å². The summed E-state index contributed by atoms with van der Waals surface area (Å²) in [6.07, 6.45) is 4.00. The average Bonchev–Trinajstić information content (AvgIpc) is 2.21. The zero-order valence-corrected chi connectivity index (χ0v) is 9.68. The maximum absolute atomic E-state index is 11.4. The lowest BCUT2D eigenvalue weighted by Crippen LogP contribution is -2.42. The van der Waals surface area contributed by atoms with E-state index in [1.165, 1.54) is 0 Å². The molecular formula is C11H24N2O. The second kappa shape index (κ2) is 7.80. The molecule has 0 spiro atoms. The third-order valence-electron chi connectivity index (χ3n) is 2.53. The largest absolute Gasteiger partial charge is 0.354 e. The minimum absolute atomic E-state index is 0.00116. The van der Waals surface area contributed by atoms with Gasteiger partial charge in [0.05, 0.1) is 6.04 Å². The quantitative estimate of drug-likeness (QED) is 0.657. The Morgan fingerprint density at radius 1 is 1.43 bits per heavy atom. The Balaban J connectivity index is 3.61. The summed E-state index contributed by atoms with van der Waals surface area (Å²) in [5, 5.41) is 2.88. The standard InChI is InChI=1S/C11H24N2O/c1-4-6-7-10(12)11(14)13-8-9(3)5-2/h9-10H,4-8,12H2,1-3H3,(H,13,14)/t9?,10-/m0/s1. The van der Waals surface area contributed by atoms with E-state index >= 15 is 0 Å². The van der Waals surface area contributed by atoms with Crippen LogP contribution in [0.25, 0.3) is 0 Å². The zero-order valence-electron chi connectivity index (χ0n) is 9.68. The smallest absolute Gasteiger partial charge is 0.236 e. The van der Waals surface area contributed by atoms with E-state index < -0.39 is 0 Å². The van der Waals surface area contributed by atoms with Gasteiger partial charge in [-0.15, -0.1) is 0 Å². The fourth-order valence-corrected chi connectivity index (χ4v) is 1.11. The van der Waals surface area contributed by atoms with Crippen molar-refractivity contribution in [1.29, 1.82) is 0 Å². The first-order valence-electron chi connectivity index (χ1n) is 5.65. The molecule has 0 bridgehead atoms. The minimum Gasteiger partial charge on any atom is -0.354 e. The van der Waals surface area contributed by atoms with Crippen LogP contribution in [0.5, 0.6) is 0 Å². The van der Waals surface area contributed by atoms with Gasteiger partial charge in [-0.1, -0.05) is 40.0 Å². The van der Waals surface area contributed by atoms with Crippen molar-refractivity contribution in [2.75, 3.05) is 6.54 Å². The second-order valence-corrected chi connectivity index (χ2v) is 4.01. The number of unbranched alkanes of at least 4 members (excludes halogenated alkanes) is 1. The molecule has 0 radical (unpaired) electrons. The highest BCUT2D eigenvalue weighted by Gasteiger charge is 2.12. The predicted octanol–water partition coefficient (Wildman–Crippen LogP) is 1.67. The lowest BCUT2D eigenvalue weighted by Gasteiger charge is -2.14. The minimum atomic E-state index is -0.320. The van der Waals surface area contributed by atoms with Crippen LogP contribution in [-0.4, -0.2) is 18.5 Å². The van der Waals surface area contributed by atoms with Crippen LogP contribution in [0.1, 0.15) is 46.5 Å². The predicted molar refractivity (Wildman–Crippen MR) is 60.0 cm³/mol. The topological polar surface area (TPSA) is 55.1 Å². The van der Waals surface area contributed by atoms with E-state index in [4.69, 9.17) is 5.73 Å². The summed E-state index contributed by atoms with van der Waals surface area (Å²) in [6, 6.07) is -0.320. The molecule has 0 aliphatic carbocycles. The first-order valence-corrected chi connectivity index (χ1v) is 5.65. The summed E-state index contributed by atoms with van der Waals surface area (Å²) >= 11 is 0. The average molecular weight is 200 g/mol. The molecule has 0 aliphatic rings. The number of carbonyl (C=O) groups excluding carboxylic acids is 1. The molecule has 14 heavy (non-hydrogen) atoms. The van der Waals surface area contributed by atoms with E-state index in [1.54, 1.807) is 0 Å². The molecule has 0 saturated heterocycles. The van der Waals surface area contributed by atoms with E-state index in [0.717, 1.165) is 32.2 Å². The monoisotopic (exact) mass is 200 g/mol. The number of rotatable bonds is 7. The third-order valence-corrected chi connectivity index (χ3v) is 2.53. The van der Waals surface area contributed by atoms with Crippen LogP contribution in [-0.2, 0) is 4.79 Å². The molecule has 1 unspecified atom stereocenters. The van der Waals surface area contributed by atoms with E-state index in [1.807, 2.05) is 0 Å². The van der Waals surface area contributed by atoms with Crippen LogP contribution in [0, 0.1) is 5.92 Å². The van der Waals surface area contributed by atoms with Crippen molar-refractivity contribution in [2.24, 2.45) is 11.7 Å². The van der Waals surface area contributed by atoms with Gasteiger partial charge in [0.15, 0.2) is 0 Å². The van der Waals surface area contributed by atoms with E-state index in [9.17, 15) is 4.79 Å². The summed E-state index contributed by atoms with van der Waals surface area (Å²) in [6.45, 7) is 7.09. The number of hydrogen-bond donors (Lipinski definition) is 2. The highest BCUT2D eigenvalue weighted by molar-refractivity contribution is 5.81. The summed E-state index contributed by atoms with van der Waals surface area (Å²) in [7, 11) is 0. The van der Waals surface area contributed by atoms with Gasteiger partial charge in [0.2, 0.25) is 5.91 Å². The van der Waals surface area contributed by atoms with Crippen molar-refractivity contribution < 1.29 is 4.79 Å². The van der Waals surface area contributed by atoms with E-state index in [-0.39, 0.29) is 11.9 Å². The highest BCUT2D eigenvalue weighted by atomic mass is 16.2. The van der Waals surface area contributed by atoms with Crippen molar-refractivity contribution in [3.05, 3.63) is 0 Å². The van der Waals surface area contributed by atoms with Crippen molar-refractivity contribution >= 4 is 5.91 Å². The zero-order chi connectivity index (χ0) is 11.0. The summed E-state index contributed by atoms with van der Waals surface area (Å²) in [5.74, 6) is 0.538. The molecule has 0 aliphatic heterocycles. The maximum Gasteiger partial charge on any atom is 0.236 e. The maximum atomic E-state index is 11.4. The van der Waals surface area contributed by atoms with Crippen LogP contribution in [0.2, 0.25) is 0 Å². The van der Waals surface area contributed by atoms with Crippen LogP contribution < -0.4 is 11.1 Å². The first kappa shape index (κ1) is 13.4. The number of hydrogen-bond acceptors (Lipinski definition) is 2. The van der Waals surface area contributed by atoms with Gasteiger partial charge in [-0.25, -0.2) is 0 Å². The summed E-state index contributed by atoms with van der Waals surface area (Å²) < 4.78 is 0. The Bertz CT molecular complexity index is 159. The Kier molecular flexibility index (Phi) is 7.48. The second-order valence-electron chi connectivity index (χ2n) is 4.01. The molecular weight excluding hydrogens is 176 g/mol. The number of carbonyl (C=O) groups is 1. The molecule has 3 N–H and O–H groups in total. The van der Waals surface area contributed by atoms with Gasteiger partial charge in [0, 0.05) is 6.54 Å². The Labute approximate surface area is 87.4 Å². The fraction of sp³-hybridized carbons (Fsp3) is 0.909. The fourth-order valence-electron chi connectivity index (χ4n) is 1.11. The van der Waals surface area contributed by atoms with Crippen LogP contribution in [0.4, 0.5) is 0 Å². The summed E-state index contributed by atoms with van der Waals surface area (Å²) in [4.78, 5) is 11.4. The molecule has 0 saturated carbocycles.